The van der Waals surface area contributed by atoms with Crippen molar-refractivity contribution in [1.29, 1.82) is 0 Å². The van der Waals surface area contributed by atoms with Gasteiger partial charge in [-0.25, -0.2) is 4.39 Å². The number of ether oxygens (including phenoxy) is 1. The lowest BCUT2D eigenvalue weighted by molar-refractivity contribution is -0.384. The summed E-state index contributed by atoms with van der Waals surface area (Å²) >= 11 is 5.58. The Morgan fingerprint density at radius 2 is 2.22 bits per heavy atom. The first-order valence-electron chi connectivity index (χ1n) is 5.40. The maximum absolute atomic E-state index is 13.1. The Kier molecular flexibility index (Phi) is 5.30. The van der Waals surface area contributed by atoms with Gasteiger partial charge < -0.3 is 10.1 Å². The number of nitro groups is 1. The van der Waals surface area contributed by atoms with Gasteiger partial charge in [0.1, 0.15) is 11.5 Å². The normalized spacial score (nSPS) is 10.7. The fourth-order valence-electron chi connectivity index (χ4n) is 1.31. The average Bonchev–Trinajstić information content (AvgIpc) is 2.28. The molecule has 0 atom stereocenters. The number of nitro benzene ring substituents is 1. The summed E-state index contributed by atoms with van der Waals surface area (Å²) in [7, 11) is 0. The summed E-state index contributed by atoms with van der Waals surface area (Å²) in [5.74, 6) is -0.813. The van der Waals surface area contributed by atoms with Crippen LogP contribution in [-0.2, 0) is 4.74 Å². The van der Waals surface area contributed by atoms with E-state index in [2.05, 4.69) is 5.32 Å². The number of hydrogen-bond acceptors (Lipinski definition) is 4. The molecule has 0 amide bonds. The first kappa shape index (κ1) is 14.7. The summed E-state index contributed by atoms with van der Waals surface area (Å²) in [5, 5.41) is 13.4. The van der Waals surface area contributed by atoms with Crippen LogP contribution in [0.5, 0.6) is 0 Å². The van der Waals surface area contributed by atoms with Gasteiger partial charge >= 0.3 is 0 Å². The van der Waals surface area contributed by atoms with Gasteiger partial charge in [0.15, 0.2) is 0 Å². The number of halogens is 2. The second-order valence-electron chi connectivity index (χ2n) is 3.89. The van der Waals surface area contributed by atoms with E-state index in [9.17, 15) is 14.5 Å². The molecule has 1 aromatic carbocycles. The zero-order chi connectivity index (χ0) is 13.7. The monoisotopic (exact) mass is 276 g/mol. The molecule has 0 saturated carbocycles. The predicted molar refractivity (Wildman–Crippen MR) is 67.6 cm³/mol. The number of anilines is 1. The minimum atomic E-state index is -0.813. The number of nitrogens with zero attached hydrogens (tertiary/aromatic N) is 1. The third-order valence-electron chi connectivity index (χ3n) is 2.10. The number of hydrogen-bond donors (Lipinski definition) is 1. The number of rotatable bonds is 6. The van der Waals surface area contributed by atoms with Gasteiger partial charge in [0.2, 0.25) is 0 Å². The molecule has 18 heavy (non-hydrogen) atoms. The van der Waals surface area contributed by atoms with Crippen LogP contribution in [0.1, 0.15) is 13.8 Å². The molecule has 1 aromatic rings. The molecule has 0 saturated heterocycles. The van der Waals surface area contributed by atoms with Gasteiger partial charge in [-0.3, -0.25) is 10.1 Å². The molecule has 0 fully saturated rings. The lowest BCUT2D eigenvalue weighted by atomic mass is 10.2. The van der Waals surface area contributed by atoms with Gasteiger partial charge in [-0.2, -0.15) is 0 Å². The van der Waals surface area contributed by atoms with Crippen molar-refractivity contribution in [2.75, 3.05) is 18.5 Å². The summed E-state index contributed by atoms with van der Waals surface area (Å²) in [6.45, 7) is 4.54. The highest BCUT2D eigenvalue weighted by atomic mass is 35.5. The molecular formula is C11H14ClFN2O3. The second kappa shape index (κ2) is 6.51. The highest BCUT2D eigenvalue weighted by Crippen LogP contribution is 2.30. The minimum absolute atomic E-state index is 0.0820. The Morgan fingerprint density at radius 1 is 1.56 bits per heavy atom. The van der Waals surface area contributed by atoms with Gasteiger partial charge in [0, 0.05) is 6.54 Å². The molecule has 7 heteroatoms. The molecule has 1 rings (SSSR count). The van der Waals surface area contributed by atoms with Gasteiger partial charge in [-0.15, -0.1) is 0 Å². The van der Waals surface area contributed by atoms with Gasteiger partial charge in [-0.1, -0.05) is 11.6 Å². The van der Waals surface area contributed by atoms with Crippen LogP contribution in [0.4, 0.5) is 15.8 Å². The van der Waals surface area contributed by atoms with Crippen molar-refractivity contribution in [2.24, 2.45) is 0 Å². The summed E-state index contributed by atoms with van der Waals surface area (Å²) in [5.41, 5.74) is -0.166. The molecule has 0 aliphatic heterocycles. The topological polar surface area (TPSA) is 64.4 Å². The lowest BCUT2D eigenvalue weighted by Crippen LogP contribution is -2.14. The van der Waals surface area contributed by atoms with Crippen LogP contribution >= 0.6 is 11.6 Å². The Morgan fingerprint density at radius 3 is 2.78 bits per heavy atom. The van der Waals surface area contributed by atoms with Crippen LogP contribution in [-0.4, -0.2) is 24.2 Å². The summed E-state index contributed by atoms with van der Waals surface area (Å²) in [6, 6.07) is 2.00. The number of nitrogens with one attached hydrogen (secondary N) is 1. The van der Waals surface area contributed by atoms with Crippen LogP contribution in [0.2, 0.25) is 5.02 Å². The van der Waals surface area contributed by atoms with Crippen LogP contribution < -0.4 is 5.32 Å². The molecule has 100 valence electrons. The molecule has 0 aromatic heterocycles. The molecule has 1 N–H and O–H groups in total. The summed E-state index contributed by atoms with van der Waals surface area (Å²) in [4.78, 5) is 10.1. The third kappa shape index (κ3) is 4.12. The van der Waals surface area contributed by atoms with Crippen LogP contribution in [0.3, 0.4) is 0 Å². The summed E-state index contributed by atoms with van der Waals surface area (Å²) in [6.07, 6.45) is 0.0820. The fraction of sp³-hybridized carbons (Fsp3) is 0.455. The first-order valence-corrected chi connectivity index (χ1v) is 5.78. The van der Waals surface area contributed by atoms with Crippen molar-refractivity contribution in [1.82, 2.24) is 0 Å². The first-order chi connectivity index (χ1) is 8.41. The van der Waals surface area contributed by atoms with Crippen LogP contribution in [0.15, 0.2) is 12.1 Å². The van der Waals surface area contributed by atoms with Crippen LogP contribution in [0.25, 0.3) is 0 Å². The maximum atomic E-state index is 13.1. The van der Waals surface area contributed by atoms with E-state index in [0.29, 0.717) is 13.2 Å². The maximum Gasteiger partial charge on any atom is 0.295 e. The van der Waals surface area contributed by atoms with Gasteiger partial charge in [0.05, 0.1) is 28.7 Å². The van der Waals surface area contributed by atoms with E-state index in [4.69, 9.17) is 16.3 Å². The van der Waals surface area contributed by atoms with Crippen molar-refractivity contribution in [3.8, 4) is 0 Å². The van der Waals surface area contributed by atoms with Crippen molar-refractivity contribution >= 4 is 23.0 Å². The largest absolute Gasteiger partial charge is 0.377 e. The van der Waals surface area contributed by atoms with E-state index >= 15 is 0 Å². The molecule has 0 bridgehead atoms. The zero-order valence-electron chi connectivity index (χ0n) is 10.1. The third-order valence-corrected chi connectivity index (χ3v) is 2.39. The molecule has 0 aliphatic carbocycles. The van der Waals surface area contributed by atoms with E-state index in [-0.39, 0.29) is 22.5 Å². The van der Waals surface area contributed by atoms with Crippen molar-refractivity contribution in [3.63, 3.8) is 0 Å². The highest BCUT2D eigenvalue weighted by Gasteiger charge is 2.17. The number of benzene rings is 1. The van der Waals surface area contributed by atoms with E-state index in [1.807, 2.05) is 13.8 Å². The molecule has 5 nitrogen and oxygen atoms in total. The van der Waals surface area contributed by atoms with Crippen molar-refractivity contribution in [2.45, 2.75) is 20.0 Å². The standard InChI is InChI=1S/C11H14ClFN2O3/c1-7(2)18-4-3-14-10-5-8(12)9(13)6-11(10)15(16)17/h5-7,14H,3-4H2,1-2H3. The van der Waals surface area contributed by atoms with E-state index in [0.717, 1.165) is 6.07 Å². The Bertz CT molecular complexity index is 441. The smallest absolute Gasteiger partial charge is 0.295 e. The zero-order valence-corrected chi connectivity index (χ0v) is 10.8. The SMILES string of the molecule is CC(C)OCCNc1cc(Cl)c(F)cc1[N+](=O)[O-]. The molecule has 0 radical (unpaired) electrons. The molecule has 0 aliphatic rings. The van der Waals surface area contributed by atoms with Gasteiger partial charge in [0.25, 0.3) is 5.69 Å². The lowest BCUT2D eigenvalue weighted by Gasteiger charge is -2.10. The molecule has 0 spiro atoms. The predicted octanol–water partition coefficient (Wildman–Crippen LogP) is 3.22. The molecular weight excluding hydrogens is 263 g/mol. The molecule has 0 heterocycles. The highest BCUT2D eigenvalue weighted by molar-refractivity contribution is 6.31. The van der Waals surface area contributed by atoms with Crippen molar-refractivity contribution < 1.29 is 14.1 Å². The quantitative estimate of drug-likeness (QED) is 0.492. The fourth-order valence-corrected chi connectivity index (χ4v) is 1.47. The minimum Gasteiger partial charge on any atom is -0.377 e. The van der Waals surface area contributed by atoms with Gasteiger partial charge in [-0.05, 0) is 19.9 Å². The molecule has 0 unspecified atom stereocenters. The summed E-state index contributed by atoms with van der Waals surface area (Å²) < 4.78 is 18.4. The van der Waals surface area contributed by atoms with Crippen molar-refractivity contribution in [3.05, 3.63) is 33.1 Å². The average molecular weight is 277 g/mol. The Hall–Kier alpha value is -1.40. The Balaban J connectivity index is 2.74. The van der Waals surface area contributed by atoms with E-state index in [1.54, 1.807) is 0 Å². The Labute approximate surface area is 109 Å². The van der Waals surface area contributed by atoms with E-state index < -0.39 is 10.7 Å². The second-order valence-corrected chi connectivity index (χ2v) is 4.29. The van der Waals surface area contributed by atoms with E-state index in [1.165, 1.54) is 6.07 Å². The van der Waals surface area contributed by atoms with Crippen LogP contribution in [0, 0.1) is 15.9 Å².